The lowest BCUT2D eigenvalue weighted by Gasteiger charge is -2.18. The lowest BCUT2D eigenvalue weighted by atomic mass is 10.0. The van der Waals surface area contributed by atoms with Gasteiger partial charge in [-0.2, -0.15) is 0 Å². The van der Waals surface area contributed by atoms with E-state index in [0.717, 1.165) is 5.56 Å². The van der Waals surface area contributed by atoms with Gasteiger partial charge in [0.2, 0.25) is 0 Å². The van der Waals surface area contributed by atoms with Crippen molar-refractivity contribution < 1.29 is 14.3 Å². The van der Waals surface area contributed by atoms with E-state index in [9.17, 15) is 9.59 Å². The molecule has 1 amide bonds. The monoisotopic (exact) mass is 351 g/mol. The first-order valence-electron chi connectivity index (χ1n) is 6.88. The number of hydrogen-bond donors (Lipinski definition) is 1. The quantitative estimate of drug-likeness (QED) is 0.827. The van der Waals surface area contributed by atoms with Crippen LogP contribution in [0, 0.1) is 0 Å². The van der Waals surface area contributed by atoms with E-state index in [1.54, 1.807) is 48.5 Å². The van der Waals surface area contributed by atoms with Crippen LogP contribution in [0.1, 0.15) is 28.4 Å². The molecule has 120 valence electrons. The number of halogens is 2. The van der Waals surface area contributed by atoms with Gasteiger partial charge in [-0.05, 0) is 42.0 Å². The number of carbonyl (C=O) groups is 2. The van der Waals surface area contributed by atoms with E-state index in [1.807, 2.05) is 0 Å². The normalized spacial score (nSPS) is 11.6. The molecule has 0 aliphatic carbocycles. The van der Waals surface area contributed by atoms with E-state index in [4.69, 9.17) is 27.9 Å². The Balaban J connectivity index is 2.19. The fraction of sp³-hybridized carbons (Fsp3) is 0.176. The molecule has 4 nitrogen and oxygen atoms in total. The molecule has 1 atom stereocenters. The Kier molecular flexibility index (Phi) is 6.02. The molecule has 0 aliphatic rings. The second-order valence-electron chi connectivity index (χ2n) is 4.86. The Bertz CT molecular complexity index is 684. The molecule has 1 N–H and O–H groups in total. The molecule has 2 aromatic rings. The van der Waals surface area contributed by atoms with Gasteiger partial charge in [-0.1, -0.05) is 35.3 Å². The molecule has 0 aromatic heterocycles. The van der Waals surface area contributed by atoms with Gasteiger partial charge in [0.15, 0.2) is 0 Å². The van der Waals surface area contributed by atoms with Crippen LogP contribution in [-0.2, 0) is 9.53 Å². The summed E-state index contributed by atoms with van der Waals surface area (Å²) in [5.41, 5.74) is 1.22. The van der Waals surface area contributed by atoms with Gasteiger partial charge < -0.3 is 10.1 Å². The van der Waals surface area contributed by atoms with Gasteiger partial charge >= 0.3 is 5.97 Å². The first-order valence-corrected chi connectivity index (χ1v) is 7.64. The van der Waals surface area contributed by atoms with Gasteiger partial charge in [0.1, 0.15) is 0 Å². The SMILES string of the molecule is COC(=O)CC(NC(=O)c1ccc(Cl)cc1)c1ccc(Cl)cc1. The third-order valence-electron chi connectivity index (χ3n) is 3.28. The molecule has 2 aromatic carbocycles. The summed E-state index contributed by atoms with van der Waals surface area (Å²) in [5.74, 6) is -0.716. The molecule has 0 radical (unpaired) electrons. The highest BCUT2D eigenvalue weighted by molar-refractivity contribution is 6.30. The summed E-state index contributed by atoms with van der Waals surface area (Å²) in [6.45, 7) is 0. The predicted molar refractivity (Wildman–Crippen MR) is 89.7 cm³/mol. The summed E-state index contributed by atoms with van der Waals surface area (Å²) in [6.07, 6.45) is 0.0253. The molecule has 2 rings (SSSR count). The van der Waals surface area contributed by atoms with Crippen LogP contribution >= 0.6 is 23.2 Å². The van der Waals surface area contributed by atoms with E-state index in [2.05, 4.69) is 5.32 Å². The van der Waals surface area contributed by atoms with Crippen LogP contribution in [-0.4, -0.2) is 19.0 Å². The number of esters is 1. The largest absolute Gasteiger partial charge is 0.469 e. The summed E-state index contributed by atoms with van der Waals surface area (Å²) < 4.78 is 4.70. The molecule has 0 heterocycles. The topological polar surface area (TPSA) is 55.4 Å². The van der Waals surface area contributed by atoms with E-state index in [1.165, 1.54) is 7.11 Å². The number of nitrogens with one attached hydrogen (secondary N) is 1. The lowest BCUT2D eigenvalue weighted by Crippen LogP contribution is -2.30. The van der Waals surface area contributed by atoms with Crippen molar-refractivity contribution in [1.29, 1.82) is 0 Å². The first kappa shape index (κ1) is 17.3. The van der Waals surface area contributed by atoms with E-state index in [-0.39, 0.29) is 12.3 Å². The van der Waals surface area contributed by atoms with Gasteiger partial charge in [0, 0.05) is 15.6 Å². The number of ether oxygens (including phenoxy) is 1. The second kappa shape index (κ2) is 7.99. The fourth-order valence-electron chi connectivity index (χ4n) is 2.04. The van der Waals surface area contributed by atoms with Crippen molar-refractivity contribution in [2.24, 2.45) is 0 Å². The van der Waals surface area contributed by atoms with Gasteiger partial charge in [-0.25, -0.2) is 0 Å². The van der Waals surface area contributed by atoms with Crippen molar-refractivity contribution in [3.63, 3.8) is 0 Å². The minimum absolute atomic E-state index is 0.0253. The number of amides is 1. The number of carbonyl (C=O) groups excluding carboxylic acids is 2. The maximum atomic E-state index is 12.3. The van der Waals surface area contributed by atoms with Crippen LogP contribution in [0.2, 0.25) is 10.0 Å². The first-order chi connectivity index (χ1) is 11.0. The van der Waals surface area contributed by atoms with Crippen molar-refractivity contribution in [3.05, 3.63) is 69.7 Å². The maximum absolute atomic E-state index is 12.3. The highest BCUT2D eigenvalue weighted by atomic mass is 35.5. The Hall–Kier alpha value is -2.04. The standard InChI is InChI=1S/C17H15Cl2NO3/c1-23-16(21)10-15(11-2-6-13(18)7-3-11)20-17(22)12-4-8-14(19)9-5-12/h2-9,15H,10H2,1H3,(H,20,22). The van der Waals surface area contributed by atoms with Crippen molar-refractivity contribution >= 4 is 35.1 Å². The van der Waals surface area contributed by atoms with Crippen LogP contribution in [0.5, 0.6) is 0 Å². The van der Waals surface area contributed by atoms with Crippen LogP contribution in [0.4, 0.5) is 0 Å². The van der Waals surface area contributed by atoms with Gasteiger partial charge in [0.05, 0.1) is 19.6 Å². The van der Waals surface area contributed by atoms with Crippen LogP contribution < -0.4 is 5.32 Å². The van der Waals surface area contributed by atoms with Crippen LogP contribution in [0.15, 0.2) is 48.5 Å². The highest BCUT2D eigenvalue weighted by Crippen LogP contribution is 2.21. The molecule has 1 unspecified atom stereocenters. The van der Waals surface area contributed by atoms with Crippen molar-refractivity contribution in [2.45, 2.75) is 12.5 Å². The summed E-state index contributed by atoms with van der Waals surface area (Å²) >= 11 is 11.7. The van der Waals surface area contributed by atoms with Crippen molar-refractivity contribution in [3.8, 4) is 0 Å². The molecule has 0 aliphatic heterocycles. The highest BCUT2D eigenvalue weighted by Gasteiger charge is 2.19. The van der Waals surface area contributed by atoms with Gasteiger partial charge in [-0.3, -0.25) is 9.59 Å². The molecule has 0 saturated heterocycles. The smallest absolute Gasteiger partial charge is 0.307 e. The predicted octanol–water partition coefficient (Wildman–Crippen LogP) is 4.03. The Morgan fingerprint density at radius 2 is 1.52 bits per heavy atom. The average molecular weight is 352 g/mol. The third kappa shape index (κ3) is 4.98. The summed E-state index contributed by atoms with van der Waals surface area (Å²) in [4.78, 5) is 24.0. The molecular weight excluding hydrogens is 337 g/mol. The van der Waals surface area contributed by atoms with Gasteiger partial charge in [-0.15, -0.1) is 0 Å². The zero-order valence-corrected chi connectivity index (χ0v) is 13.9. The number of hydrogen-bond acceptors (Lipinski definition) is 3. The fourth-order valence-corrected chi connectivity index (χ4v) is 2.29. The number of benzene rings is 2. The van der Waals surface area contributed by atoms with Crippen LogP contribution in [0.25, 0.3) is 0 Å². The number of rotatable bonds is 5. The number of methoxy groups -OCH3 is 1. The Morgan fingerprint density at radius 3 is 2.04 bits per heavy atom. The zero-order chi connectivity index (χ0) is 16.8. The minimum atomic E-state index is -0.511. The summed E-state index contributed by atoms with van der Waals surface area (Å²) in [7, 11) is 1.31. The van der Waals surface area contributed by atoms with Crippen molar-refractivity contribution in [1.82, 2.24) is 5.32 Å². The van der Waals surface area contributed by atoms with Crippen molar-refractivity contribution in [2.75, 3.05) is 7.11 Å². The third-order valence-corrected chi connectivity index (χ3v) is 3.79. The van der Waals surface area contributed by atoms with Gasteiger partial charge in [0.25, 0.3) is 5.91 Å². The summed E-state index contributed by atoms with van der Waals surface area (Å²) in [6, 6.07) is 12.9. The molecule has 0 fully saturated rings. The minimum Gasteiger partial charge on any atom is -0.469 e. The van der Waals surface area contributed by atoms with E-state index in [0.29, 0.717) is 15.6 Å². The van der Waals surface area contributed by atoms with E-state index >= 15 is 0 Å². The van der Waals surface area contributed by atoms with Crippen LogP contribution in [0.3, 0.4) is 0 Å². The molecule has 23 heavy (non-hydrogen) atoms. The Morgan fingerprint density at radius 1 is 1.00 bits per heavy atom. The maximum Gasteiger partial charge on any atom is 0.307 e. The second-order valence-corrected chi connectivity index (χ2v) is 5.74. The summed E-state index contributed by atoms with van der Waals surface area (Å²) in [5, 5.41) is 3.95. The molecule has 6 heteroatoms. The van der Waals surface area contributed by atoms with E-state index < -0.39 is 12.0 Å². The molecule has 0 bridgehead atoms. The lowest BCUT2D eigenvalue weighted by molar-refractivity contribution is -0.141. The molecule has 0 saturated carbocycles. The molecular formula is C17H15Cl2NO3. The zero-order valence-electron chi connectivity index (χ0n) is 12.4. The molecule has 0 spiro atoms. The Labute approximate surface area is 144 Å². The average Bonchev–Trinajstić information content (AvgIpc) is 2.55.